The average molecular weight is 269 g/mol. The van der Waals surface area contributed by atoms with Gasteiger partial charge in [0.05, 0.1) is 6.20 Å². The van der Waals surface area contributed by atoms with Crippen LogP contribution in [0.5, 0.6) is 5.75 Å². The second kappa shape index (κ2) is 5.45. The highest BCUT2D eigenvalue weighted by molar-refractivity contribution is 6.29. The smallest absolute Gasteiger partial charge is 0.138 e. The monoisotopic (exact) mass is 268 g/mol. The molecule has 4 heteroatoms. The van der Waals surface area contributed by atoms with E-state index in [0.717, 1.165) is 31.7 Å². The van der Waals surface area contributed by atoms with Crippen molar-refractivity contribution in [3.05, 3.63) is 23.5 Å². The molecular weight excluding hydrogens is 248 g/mol. The third kappa shape index (κ3) is 3.59. The van der Waals surface area contributed by atoms with Crippen LogP contribution in [0.1, 0.15) is 33.6 Å². The zero-order chi connectivity index (χ0) is 13.2. The van der Waals surface area contributed by atoms with Crippen molar-refractivity contribution in [2.45, 2.75) is 45.3 Å². The molecule has 0 aliphatic carbocycles. The summed E-state index contributed by atoms with van der Waals surface area (Å²) in [4.78, 5) is 6.54. The summed E-state index contributed by atoms with van der Waals surface area (Å²) in [7, 11) is 0. The first-order valence-electron chi connectivity index (χ1n) is 6.48. The van der Waals surface area contributed by atoms with E-state index in [4.69, 9.17) is 16.3 Å². The Bertz CT molecular complexity index is 378. The highest BCUT2D eigenvalue weighted by Gasteiger charge is 2.27. The van der Waals surface area contributed by atoms with E-state index in [0.29, 0.717) is 11.3 Å². The van der Waals surface area contributed by atoms with Crippen LogP contribution in [0.15, 0.2) is 18.3 Å². The minimum atomic E-state index is 0.257. The van der Waals surface area contributed by atoms with Crippen LogP contribution in [-0.2, 0) is 0 Å². The van der Waals surface area contributed by atoms with Gasteiger partial charge in [0.25, 0.3) is 0 Å². The lowest BCUT2D eigenvalue weighted by Crippen LogP contribution is -2.48. The van der Waals surface area contributed by atoms with E-state index < -0.39 is 0 Å². The number of rotatable bonds is 2. The van der Waals surface area contributed by atoms with Crippen LogP contribution in [0.3, 0.4) is 0 Å². The van der Waals surface area contributed by atoms with Gasteiger partial charge in [-0.25, -0.2) is 4.98 Å². The molecule has 0 unspecified atom stereocenters. The van der Waals surface area contributed by atoms with Crippen molar-refractivity contribution in [2.75, 3.05) is 13.1 Å². The number of hydrogen-bond acceptors (Lipinski definition) is 3. The Morgan fingerprint density at radius 3 is 2.44 bits per heavy atom. The number of pyridine rings is 1. The normalized spacial score (nSPS) is 18.9. The molecule has 1 aromatic heterocycles. The predicted octanol–water partition coefficient (Wildman–Crippen LogP) is 3.38. The maximum Gasteiger partial charge on any atom is 0.138 e. The van der Waals surface area contributed by atoms with Crippen molar-refractivity contribution in [3.63, 3.8) is 0 Å². The standard InChI is InChI=1S/C14H21ClN2O/c1-14(2,3)17-8-6-11(7-9-17)18-12-4-5-13(15)16-10-12/h4-5,10-11H,6-9H2,1-3H3. The van der Waals surface area contributed by atoms with Gasteiger partial charge in [-0.15, -0.1) is 0 Å². The van der Waals surface area contributed by atoms with Gasteiger partial charge in [-0.05, 0) is 45.7 Å². The van der Waals surface area contributed by atoms with Gasteiger partial charge < -0.3 is 4.74 Å². The predicted molar refractivity (Wildman–Crippen MR) is 74.2 cm³/mol. The molecule has 1 aromatic rings. The minimum Gasteiger partial charge on any atom is -0.489 e. The summed E-state index contributed by atoms with van der Waals surface area (Å²) in [5.41, 5.74) is 0.257. The molecule has 18 heavy (non-hydrogen) atoms. The lowest BCUT2D eigenvalue weighted by molar-refractivity contribution is 0.0490. The molecule has 2 heterocycles. The summed E-state index contributed by atoms with van der Waals surface area (Å²) in [5.74, 6) is 0.814. The topological polar surface area (TPSA) is 25.4 Å². The Morgan fingerprint density at radius 2 is 1.94 bits per heavy atom. The first kappa shape index (κ1) is 13.6. The number of aromatic nitrogens is 1. The first-order valence-corrected chi connectivity index (χ1v) is 6.86. The molecule has 0 amide bonds. The molecule has 0 saturated carbocycles. The van der Waals surface area contributed by atoms with Crippen molar-refractivity contribution >= 4 is 11.6 Å². The maximum absolute atomic E-state index is 5.92. The van der Waals surface area contributed by atoms with Crippen LogP contribution in [-0.4, -0.2) is 34.6 Å². The zero-order valence-corrected chi connectivity index (χ0v) is 12.1. The Hall–Kier alpha value is -0.800. The Balaban J connectivity index is 1.85. The third-order valence-corrected chi connectivity index (χ3v) is 3.62. The molecule has 1 aliphatic heterocycles. The lowest BCUT2D eigenvalue weighted by Gasteiger charge is -2.40. The molecule has 100 valence electrons. The molecular formula is C14H21ClN2O. The van der Waals surface area contributed by atoms with Crippen LogP contribution in [0, 0.1) is 0 Å². The molecule has 0 radical (unpaired) electrons. The second-order valence-electron chi connectivity index (χ2n) is 5.79. The fourth-order valence-electron chi connectivity index (χ4n) is 2.27. The second-order valence-corrected chi connectivity index (χ2v) is 6.18. The van der Waals surface area contributed by atoms with Gasteiger partial charge in [-0.2, -0.15) is 0 Å². The van der Waals surface area contributed by atoms with E-state index in [1.807, 2.05) is 6.07 Å². The van der Waals surface area contributed by atoms with Gasteiger partial charge in [0.1, 0.15) is 17.0 Å². The third-order valence-electron chi connectivity index (χ3n) is 3.39. The Morgan fingerprint density at radius 1 is 1.28 bits per heavy atom. The Kier molecular flexibility index (Phi) is 4.13. The summed E-state index contributed by atoms with van der Waals surface area (Å²) >= 11 is 5.75. The largest absolute Gasteiger partial charge is 0.489 e. The van der Waals surface area contributed by atoms with Crippen molar-refractivity contribution in [3.8, 4) is 5.75 Å². The quantitative estimate of drug-likeness (QED) is 0.769. The number of halogens is 1. The number of likely N-dealkylation sites (tertiary alicyclic amines) is 1. The van der Waals surface area contributed by atoms with Crippen molar-refractivity contribution in [1.82, 2.24) is 9.88 Å². The first-order chi connectivity index (χ1) is 8.45. The summed E-state index contributed by atoms with van der Waals surface area (Å²) in [6, 6.07) is 3.65. The number of ether oxygens (including phenoxy) is 1. The highest BCUT2D eigenvalue weighted by atomic mass is 35.5. The van der Waals surface area contributed by atoms with E-state index in [2.05, 4.69) is 30.7 Å². The molecule has 0 spiro atoms. The molecule has 3 nitrogen and oxygen atoms in total. The summed E-state index contributed by atoms with van der Waals surface area (Å²) in [6.45, 7) is 8.97. The zero-order valence-electron chi connectivity index (χ0n) is 11.3. The number of piperidine rings is 1. The van der Waals surface area contributed by atoms with E-state index in [1.54, 1.807) is 12.3 Å². The Labute approximate surface area is 114 Å². The van der Waals surface area contributed by atoms with Gasteiger partial charge in [-0.3, -0.25) is 4.90 Å². The van der Waals surface area contributed by atoms with Gasteiger partial charge in [0.2, 0.25) is 0 Å². The van der Waals surface area contributed by atoms with Gasteiger partial charge in [-0.1, -0.05) is 11.6 Å². The molecule has 1 fully saturated rings. The summed E-state index contributed by atoms with van der Waals surface area (Å²) in [6.07, 6.45) is 4.13. The van der Waals surface area contributed by atoms with Crippen molar-refractivity contribution in [2.24, 2.45) is 0 Å². The van der Waals surface area contributed by atoms with Gasteiger partial charge >= 0.3 is 0 Å². The van der Waals surface area contributed by atoms with Crippen LogP contribution in [0.2, 0.25) is 5.15 Å². The lowest BCUT2D eigenvalue weighted by atomic mass is 9.99. The number of hydrogen-bond donors (Lipinski definition) is 0. The fourth-order valence-corrected chi connectivity index (χ4v) is 2.38. The summed E-state index contributed by atoms with van der Waals surface area (Å²) in [5, 5.41) is 0.505. The van der Waals surface area contributed by atoms with Crippen molar-refractivity contribution < 1.29 is 4.74 Å². The SMILES string of the molecule is CC(C)(C)N1CCC(Oc2ccc(Cl)nc2)CC1. The van der Waals surface area contributed by atoms with E-state index in [9.17, 15) is 0 Å². The minimum absolute atomic E-state index is 0.257. The van der Waals surface area contributed by atoms with Gasteiger partial charge in [0.15, 0.2) is 0 Å². The highest BCUT2D eigenvalue weighted by Crippen LogP contribution is 2.23. The average Bonchev–Trinajstić information content (AvgIpc) is 2.32. The molecule has 0 aromatic carbocycles. The van der Waals surface area contributed by atoms with Crippen LogP contribution >= 0.6 is 11.6 Å². The van der Waals surface area contributed by atoms with Crippen LogP contribution in [0.25, 0.3) is 0 Å². The van der Waals surface area contributed by atoms with Crippen LogP contribution in [0.4, 0.5) is 0 Å². The van der Waals surface area contributed by atoms with E-state index >= 15 is 0 Å². The number of nitrogens with zero attached hydrogens (tertiary/aromatic N) is 2. The molecule has 1 aliphatic rings. The molecule has 0 bridgehead atoms. The maximum atomic E-state index is 5.92. The molecule has 1 saturated heterocycles. The van der Waals surface area contributed by atoms with Crippen LogP contribution < -0.4 is 4.74 Å². The molecule has 2 rings (SSSR count). The molecule has 0 N–H and O–H groups in total. The van der Waals surface area contributed by atoms with Gasteiger partial charge in [0, 0.05) is 18.6 Å². The van der Waals surface area contributed by atoms with E-state index in [-0.39, 0.29) is 5.54 Å². The molecule has 0 atom stereocenters. The summed E-state index contributed by atoms with van der Waals surface area (Å²) < 4.78 is 5.92. The van der Waals surface area contributed by atoms with Crippen molar-refractivity contribution in [1.29, 1.82) is 0 Å². The fraction of sp³-hybridized carbons (Fsp3) is 0.643. The van der Waals surface area contributed by atoms with E-state index in [1.165, 1.54) is 0 Å².